The Labute approximate surface area is 313 Å². The monoisotopic (exact) mass is 712 g/mol. The second-order valence-corrected chi connectivity index (χ2v) is 19.0. The highest BCUT2D eigenvalue weighted by molar-refractivity contribution is 5.57. The summed E-state index contributed by atoms with van der Waals surface area (Å²) in [4.78, 5) is 0. The van der Waals surface area contributed by atoms with Gasteiger partial charge in [-0.3, -0.25) is 0 Å². The Morgan fingerprint density at radius 2 is 0.808 bits per heavy atom. The molecule has 52 heavy (non-hydrogen) atoms. The SMILES string of the molecule is Cc1cc(CCC(C)(c2cc(C)c(OCC3CO3)cc2C(C)(C)C)c2cc(C)c(OCC3CO3)cc2C(C)(C)C)c(C(C)(C)C)cc1OCC1CO1. The van der Waals surface area contributed by atoms with Gasteiger partial charge in [-0.15, -0.1) is 0 Å². The molecular weight excluding hydrogens is 649 g/mol. The lowest BCUT2D eigenvalue weighted by Gasteiger charge is -2.41. The van der Waals surface area contributed by atoms with E-state index in [1.54, 1.807) is 0 Å². The van der Waals surface area contributed by atoms with Gasteiger partial charge < -0.3 is 28.4 Å². The minimum absolute atomic E-state index is 0.0531. The maximum Gasteiger partial charge on any atom is 0.122 e. The minimum atomic E-state index is -0.349. The van der Waals surface area contributed by atoms with Gasteiger partial charge in [0.1, 0.15) is 55.4 Å². The van der Waals surface area contributed by atoms with Crippen LogP contribution in [0.1, 0.15) is 126 Å². The lowest BCUT2D eigenvalue weighted by atomic mass is 9.63. The van der Waals surface area contributed by atoms with Crippen molar-refractivity contribution < 1.29 is 28.4 Å². The topological polar surface area (TPSA) is 65.3 Å². The summed E-state index contributed by atoms with van der Waals surface area (Å²) in [6.45, 7) is 34.1. The average Bonchev–Trinajstić information content (AvgIpc) is 3.88. The van der Waals surface area contributed by atoms with E-state index in [0.29, 0.717) is 19.8 Å². The van der Waals surface area contributed by atoms with E-state index in [0.717, 1.165) is 61.0 Å². The molecule has 3 fully saturated rings. The molecule has 3 unspecified atom stereocenters. The number of hydrogen-bond acceptors (Lipinski definition) is 6. The van der Waals surface area contributed by atoms with Crippen molar-refractivity contribution in [2.75, 3.05) is 39.6 Å². The summed E-state index contributed by atoms with van der Waals surface area (Å²) >= 11 is 0. The Bertz CT molecular complexity index is 1670. The predicted octanol–water partition coefficient (Wildman–Crippen LogP) is 9.78. The van der Waals surface area contributed by atoms with Gasteiger partial charge in [0.25, 0.3) is 0 Å². The Balaban J connectivity index is 1.50. The van der Waals surface area contributed by atoms with E-state index in [9.17, 15) is 0 Å². The summed E-state index contributed by atoms with van der Waals surface area (Å²) in [5, 5.41) is 0. The molecule has 284 valence electrons. The van der Waals surface area contributed by atoms with Crippen LogP contribution in [0.5, 0.6) is 17.2 Å². The molecule has 6 nitrogen and oxygen atoms in total. The number of epoxide rings is 3. The zero-order valence-electron chi connectivity index (χ0n) is 34.3. The first-order chi connectivity index (χ1) is 24.2. The summed E-state index contributed by atoms with van der Waals surface area (Å²) < 4.78 is 35.6. The van der Waals surface area contributed by atoms with Gasteiger partial charge >= 0.3 is 0 Å². The molecule has 0 aromatic heterocycles. The molecule has 3 aromatic carbocycles. The standard InChI is InChI=1S/C46H64O6/c1-28-16-31(35(43(4,5)6)19-40(28)50-25-32-22-47-32)14-15-46(13,38-17-29(2)41(51-26-33-23-48-33)20-36(38)44(7,8)9)39-18-30(3)42(52-27-34-24-49-34)21-37(39)45(10,11)12/h16-21,32-34H,14-15,22-27H2,1-13H3. The Morgan fingerprint density at radius 1 is 0.481 bits per heavy atom. The second-order valence-electron chi connectivity index (χ2n) is 19.0. The molecule has 3 aliphatic heterocycles. The Hall–Kier alpha value is -3.06. The van der Waals surface area contributed by atoms with Crippen molar-refractivity contribution in [3.63, 3.8) is 0 Å². The van der Waals surface area contributed by atoms with E-state index in [1.165, 1.54) is 38.9 Å². The van der Waals surface area contributed by atoms with Crippen LogP contribution in [0.25, 0.3) is 0 Å². The van der Waals surface area contributed by atoms with Gasteiger partial charge in [-0.25, -0.2) is 0 Å². The van der Waals surface area contributed by atoms with Gasteiger partial charge in [-0.2, -0.15) is 0 Å². The lowest BCUT2D eigenvalue weighted by molar-refractivity contribution is 0.260. The minimum Gasteiger partial charge on any atom is -0.491 e. The molecular formula is C46H64O6. The number of rotatable bonds is 14. The van der Waals surface area contributed by atoms with Gasteiger partial charge in [-0.1, -0.05) is 87.4 Å². The second kappa shape index (κ2) is 14.3. The van der Waals surface area contributed by atoms with Gasteiger partial charge in [-0.05, 0) is 118 Å². The first kappa shape index (κ1) is 38.7. The third kappa shape index (κ3) is 9.00. The molecule has 6 heteroatoms. The van der Waals surface area contributed by atoms with Crippen LogP contribution in [0.15, 0.2) is 36.4 Å². The summed E-state index contributed by atoms with van der Waals surface area (Å²) in [5.74, 6) is 2.85. The van der Waals surface area contributed by atoms with Crippen LogP contribution < -0.4 is 14.2 Å². The van der Waals surface area contributed by atoms with Crippen LogP contribution in [0.4, 0.5) is 0 Å². The summed E-state index contributed by atoms with van der Waals surface area (Å²) in [5.41, 5.74) is 10.9. The molecule has 6 rings (SSSR count). The highest BCUT2D eigenvalue weighted by atomic mass is 16.6. The average molecular weight is 713 g/mol. The lowest BCUT2D eigenvalue weighted by Crippen LogP contribution is -2.33. The number of ether oxygens (including phenoxy) is 6. The highest BCUT2D eigenvalue weighted by Gasteiger charge is 2.39. The van der Waals surface area contributed by atoms with Gasteiger partial charge in [0.2, 0.25) is 0 Å². The van der Waals surface area contributed by atoms with Gasteiger partial charge in [0.15, 0.2) is 0 Å². The van der Waals surface area contributed by atoms with Crippen molar-refractivity contribution in [1.82, 2.24) is 0 Å². The first-order valence-corrected chi connectivity index (χ1v) is 19.4. The quantitative estimate of drug-likeness (QED) is 0.155. The zero-order chi connectivity index (χ0) is 37.8. The maximum atomic E-state index is 6.41. The third-order valence-corrected chi connectivity index (χ3v) is 11.0. The van der Waals surface area contributed by atoms with Crippen molar-refractivity contribution in [3.8, 4) is 17.2 Å². The van der Waals surface area contributed by atoms with Gasteiger partial charge in [0.05, 0.1) is 19.8 Å². The first-order valence-electron chi connectivity index (χ1n) is 19.4. The Kier molecular flexibility index (Phi) is 10.6. The number of benzene rings is 3. The predicted molar refractivity (Wildman–Crippen MR) is 210 cm³/mol. The largest absolute Gasteiger partial charge is 0.491 e. The van der Waals surface area contributed by atoms with E-state index >= 15 is 0 Å². The fourth-order valence-electron chi connectivity index (χ4n) is 7.49. The molecule has 3 aliphatic rings. The molecule has 0 spiro atoms. The van der Waals surface area contributed by atoms with Crippen molar-refractivity contribution in [2.45, 2.75) is 143 Å². The van der Waals surface area contributed by atoms with Crippen LogP contribution in [0.2, 0.25) is 0 Å². The Morgan fingerprint density at radius 3 is 1.13 bits per heavy atom. The molecule has 0 aliphatic carbocycles. The van der Waals surface area contributed by atoms with Gasteiger partial charge in [0, 0.05) is 5.41 Å². The fraction of sp³-hybridized carbons (Fsp3) is 0.609. The van der Waals surface area contributed by atoms with E-state index < -0.39 is 0 Å². The highest BCUT2D eigenvalue weighted by Crippen LogP contribution is 2.49. The van der Waals surface area contributed by atoms with E-state index in [2.05, 4.69) is 126 Å². The van der Waals surface area contributed by atoms with Crippen molar-refractivity contribution in [1.29, 1.82) is 0 Å². The molecule has 3 saturated heterocycles. The van der Waals surface area contributed by atoms with Crippen LogP contribution in [-0.2, 0) is 42.3 Å². The molecule has 0 saturated carbocycles. The summed E-state index contributed by atoms with van der Waals surface area (Å²) in [6.07, 6.45) is 2.45. The molecule has 0 N–H and O–H groups in total. The molecule has 3 aromatic rings. The smallest absolute Gasteiger partial charge is 0.122 e. The zero-order valence-corrected chi connectivity index (χ0v) is 34.3. The molecule has 0 radical (unpaired) electrons. The fourth-order valence-corrected chi connectivity index (χ4v) is 7.49. The molecule has 0 amide bonds. The van der Waals surface area contributed by atoms with Crippen LogP contribution in [0, 0.1) is 20.8 Å². The van der Waals surface area contributed by atoms with E-state index in [4.69, 9.17) is 28.4 Å². The number of aryl methyl sites for hydroxylation is 4. The van der Waals surface area contributed by atoms with Crippen molar-refractivity contribution in [2.24, 2.45) is 0 Å². The summed E-state index contributed by atoms with van der Waals surface area (Å²) in [6, 6.07) is 14.2. The van der Waals surface area contributed by atoms with Crippen molar-refractivity contribution in [3.05, 3.63) is 86.5 Å². The van der Waals surface area contributed by atoms with Crippen LogP contribution in [-0.4, -0.2) is 58.0 Å². The van der Waals surface area contributed by atoms with Crippen LogP contribution >= 0.6 is 0 Å². The number of hydrogen-bond donors (Lipinski definition) is 0. The van der Waals surface area contributed by atoms with E-state index in [1.807, 2.05) is 0 Å². The molecule has 3 atom stereocenters. The molecule has 0 bridgehead atoms. The van der Waals surface area contributed by atoms with Crippen LogP contribution in [0.3, 0.4) is 0 Å². The maximum absolute atomic E-state index is 6.41. The summed E-state index contributed by atoms with van der Waals surface area (Å²) in [7, 11) is 0. The normalized spacial score (nSPS) is 21.1. The third-order valence-electron chi connectivity index (χ3n) is 11.0. The van der Waals surface area contributed by atoms with E-state index in [-0.39, 0.29) is 40.0 Å². The van der Waals surface area contributed by atoms with Crippen molar-refractivity contribution >= 4 is 0 Å². The molecule has 3 heterocycles.